The Kier molecular flexibility index (Phi) is 1.81. The van der Waals surface area contributed by atoms with E-state index in [9.17, 15) is 4.39 Å². The molecule has 1 aromatic rings. The SMILES string of the molecule is OCc1cc(C2CC2)cnc1F. The van der Waals surface area contributed by atoms with Crippen molar-refractivity contribution in [3.63, 3.8) is 0 Å². The van der Waals surface area contributed by atoms with Crippen LogP contribution >= 0.6 is 0 Å². The summed E-state index contributed by atoms with van der Waals surface area (Å²) < 4.78 is 12.8. The van der Waals surface area contributed by atoms with Crippen molar-refractivity contribution in [1.29, 1.82) is 0 Å². The maximum atomic E-state index is 12.8. The average Bonchev–Trinajstić information content (AvgIpc) is 2.88. The largest absolute Gasteiger partial charge is 0.392 e. The summed E-state index contributed by atoms with van der Waals surface area (Å²) in [6.07, 6.45) is 3.89. The van der Waals surface area contributed by atoms with Gasteiger partial charge in [-0.1, -0.05) is 0 Å². The van der Waals surface area contributed by atoms with Crippen molar-refractivity contribution in [3.8, 4) is 0 Å². The molecule has 0 aliphatic heterocycles. The highest BCUT2D eigenvalue weighted by molar-refractivity contribution is 5.25. The number of pyridine rings is 1. The molecular weight excluding hydrogens is 157 g/mol. The van der Waals surface area contributed by atoms with Crippen LogP contribution in [0.25, 0.3) is 0 Å². The number of aliphatic hydroxyl groups is 1. The van der Waals surface area contributed by atoms with Gasteiger partial charge in [0.15, 0.2) is 0 Å². The van der Waals surface area contributed by atoms with Crippen LogP contribution in [0.1, 0.15) is 29.9 Å². The summed E-state index contributed by atoms with van der Waals surface area (Å²) >= 11 is 0. The average molecular weight is 167 g/mol. The Hall–Kier alpha value is -0.960. The van der Waals surface area contributed by atoms with Gasteiger partial charge in [-0.05, 0) is 30.4 Å². The number of nitrogens with zero attached hydrogens (tertiary/aromatic N) is 1. The van der Waals surface area contributed by atoms with Crippen molar-refractivity contribution in [2.75, 3.05) is 0 Å². The van der Waals surface area contributed by atoms with Crippen LogP contribution in [0.15, 0.2) is 12.3 Å². The van der Waals surface area contributed by atoms with E-state index in [1.807, 2.05) is 0 Å². The first-order valence-corrected chi connectivity index (χ1v) is 4.06. The van der Waals surface area contributed by atoms with E-state index in [2.05, 4.69) is 4.98 Å². The van der Waals surface area contributed by atoms with Crippen LogP contribution in [-0.4, -0.2) is 10.1 Å². The van der Waals surface area contributed by atoms with Crippen LogP contribution in [0.2, 0.25) is 0 Å². The molecule has 0 bridgehead atoms. The first kappa shape index (κ1) is 7.68. The van der Waals surface area contributed by atoms with Crippen molar-refractivity contribution in [3.05, 3.63) is 29.3 Å². The zero-order valence-electron chi connectivity index (χ0n) is 6.63. The lowest BCUT2D eigenvalue weighted by Gasteiger charge is -2.01. The van der Waals surface area contributed by atoms with Crippen LogP contribution in [0.5, 0.6) is 0 Å². The van der Waals surface area contributed by atoms with E-state index >= 15 is 0 Å². The molecule has 0 amide bonds. The standard InChI is InChI=1S/C9H10FNO/c10-9-8(5-12)3-7(4-11-9)6-1-2-6/h3-4,6,12H,1-2,5H2. The topological polar surface area (TPSA) is 33.1 Å². The third kappa shape index (κ3) is 1.32. The van der Waals surface area contributed by atoms with Gasteiger partial charge in [-0.15, -0.1) is 0 Å². The lowest BCUT2D eigenvalue weighted by atomic mass is 10.1. The Labute approximate surface area is 70.1 Å². The molecule has 1 fully saturated rings. The smallest absolute Gasteiger partial charge is 0.218 e. The Bertz CT molecular complexity index is 297. The second kappa shape index (κ2) is 2.83. The van der Waals surface area contributed by atoms with Gasteiger partial charge < -0.3 is 5.11 Å². The molecule has 0 aromatic carbocycles. The van der Waals surface area contributed by atoms with Crippen molar-refractivity contribution in [2.24, 2.45) is 0 Å². The maximum absolute atomic E-state index is 12.8. The predicted octanol–water partition coefficient (Wildman–Crippen LogP) is 1.59. The number of hydrogen-bond donors (Lipinski definition) is 1. The van der Waals surface area contributed by atoms with Gasteiger partial charge in [0, 0.05) is 11.8 Å². The minimum atomic E-state index is -0.554. The van der Waals surface area contributed by atoms with Crippen LogP contribution in [0, 0.1) is 5.95 Å². The molecule has 1 N–H and O–H groups in total. The Morgan fingerprint density at radius 3 is 2.92 bits per heavy atom. The molecule has 64 valence electrons. The van der Waals surface area contributed by atoms with E-state index in [1.165, 1.54) is 0 Å². The first-order chi connectivity index (χ1) is 5.81. The van der Waals surface area contributed by atoms with Crippen LogP contribution < -0.4 is 0 Å². The minimum absolute atomic E-state index is 0.264. The summed E-state index contributed by atoms with van der Waals surface area (Å²) in [5.74, 6) is 0.00491. The summed E-state index contributed by atoms with van der Waals surface area (Å²) in [5, 5.41) is 8.77. The van der Waals surface area contributed by atoms with Crippen LogP contribution in [0.3, 0.4) is 0 Å². The summed E-state index contributed by atoms with van der Waals surface area (Å²) in [5.41, 5.74) is 1.36. The fourth-order valence-electron chi connectivity index (χ4n) is 1.26. The molecule has 2 rings (SSSR count). The molecule has 3 heteroatoms. The molecule has 2 nitrogen and oxygen atoms in total. The van der Waals surface area contributed by atoms with Crippen molar-refractivity contribution in [1.82, 2.24) is 4.98 Å². The lowest BCUT2D eigenvalue weighted by Crippen LogP contribution is -1.95. The van der Waals surface area contributed by atoms with E-state index < -0.39 is 5.95 Å². The second-order valence-electron chi connectivity index (χ2n) is 3.15. The molecule has 0 saturated heterocycles. The van der Waals surface area contributed by atoms with E-state index in [4.69, 9.17) is 5.11 Å². The van der Waals surface area contributed by atoms with Gasteiger partial charge in [0.2, 0.25) is 5.95 Å². The molecule has 1 aromatic heterocycles. The minimum Gasteiger partial charge on any atom is -0.392 e. The third-order valence-corrected chi connectivity index (χ3v) is 2.15. The summed E-state index contributed by atoms with van der Waals surface area (Å²) in [4.78, 5) is 3.58. The Morgan fingerprint density at radius 2 is 2.33 bits per heavy atom. The zero-order chi connectivity index (χ0) is 8.55. The number of hydrogen-bond acceptors (Lipinski definition) is 2. The van der Waals surface area contributed by atoms with E-state index in [0.29, 0.717) is 11.5 Å². The summed E-state index contributed by atoms with van der Waals surface area (Å²) in [6, 6.07) is 1.71. The molecule has 0 radical (unpaired) electrons. The normalized spacial score (nSPS) is 16.5. The van der Waals surface area contributed by atoms with Gasteiger partial charge in [-0.2, -0.15) is 4.39 Å². The van der Waals surface area contributed by atoms with Crippen LogP contribution in [0.4, 0.5) is 4.39 Å². The maximum Gasteiger partial charge on any atom is 0.218 e. The quantitative estimate of drug-likeness (QED) is 0.678. The Balaban J connectivity index is 2.33. The van der Waals surface area contributed by atoms with Crippen molar-refractivity contribution >= 4 is 0 Å². The number of aromatic nitrogens is 1. The highest BCUT2D eigenvalue weighted by Crippen LogP contribution is 2.39. The van der Waals surface area contributed by atoms with E-state index in [1.54, 1.807) is 12.3 Å². The lowest BCUT2D eigenvalue weighted by molar-refractivity contribution is 0.274. The summed E-state index contributed by atoms with van der Waals surface area (Å²) in [7, 11) is 0. The van der Waals surface area contributed by atoms with E-state index in [0.717, 1.165) is 18.4 Å². The molecular formula is C9H10FNO. The number of halogens is 1. The number of rotatable bonds is 2. The molecule has 1 aliphatic carbocycles. The zero-order valence-corrected chi connectivity index (χ0v) is 6.63. The van der Waals surface area contributed by atoms with Gasteiger partial charge >= 0.3 is 0 Å². The molecule has 0 atom stereocenters. The van der Waals surface area contributed by atoms with Gasteiger partial charge in [0.25, 0.3) is 0 Å². The van der Waals surface area contributed by atoms with Gasteiger partial charge in [0.1, 0.15) is 0 Å². The predicted molar refractivity (Wildman–Crippen MR) is 42.1 cm³/mol. The fourth-order valence-corrected chi connectivity index (χ4v) is 1.26. The highest BCUT2D eigenvalue weighted by Gasteiger charge is 2.24. The highest BCUT2D eigenvalue weighted by atomic mass is 19.1. The molecule has 1 saturated carbocycles. The van der Waals surface area contributed by atoms with Gasteiger partial charge in [-0.3, -0.25) is 0 Å². The Morgan fingerprint density at radius 1 is 1.58 bits per heavy atom. The monoisotopic (exact) mass is 167 g/mol. The van der Waals surface area contributed by atoms with Crippen molar-refractivity contribution < 1.29 is 9.50 Å². The number of aliphatic hydroxyl groups excluding tert-OH is 1. The molecule has 0 spiro atoms. The molecule has 0 unspecified atom stereocenters. The summed E-state index contributed by atoms with van der Waals surface area (Å²) in [6.45, 7) is -0.264. The fraction of sp³-hybridized carbons (Fsp3) is 0.444. The van der Waals surface area contributed by atoms with Crippen LogP contribution in [-0.2, 0) is 6.61 Å². The molecule has 12 heavy (non-hydrogen) atoms. The second-order valence-corrected chi connectivity index (χ2v) is 3.15. The molecule has 1 heterocycles. The van der Waals surface area contributed by atoms with Gasteiger partial charge in [0.05, 0.1) is 6.61 Å². The van der Waals surface area contributed by atoms with Gasteiger partial charge in [-0.25, -0.2) is 4.98 Å². The first-order valence-electron chi connectivity index (χ1n) is 4.06. The molecule has 1 aliphatic rings. The third-order valence-electron chi connectivity index (χ3n) is 2.15. The van der Waals surface area contributed by atoms with E-state index in [-0.39, 0.29) is 6.61 Å². The van der Waals surface area contributed by atoms with Crippen molar-refractivity contribution in [2.45, 2.75) is 25.4 Å².